The Bertz CT molecular complexity index is 354. The molecule has 1 aromatic heterocycles. The lowest BCUT2D eigenvalue weighted by molar-refractivity contribution is 0.813. The van der Waals surface area contributed by atoms with Crippen molar-refractivity contribution in [3.63, 3.8) is 0 Å². The third-order valence-corrected chi connectivity index (χ3v) is 2.00. The van der Waals surface area contributed by atoms with Gasteiger partial charge in [-0.25, -0.2) is 4.98 Å². The van der Waals surface area contributed by atoms with Crippen molar-refractivity contribution in [2.24, 2.45) is 0 Å². The van der Waals surface area contributed by atoms with E-state index in [9.17, 15) is 0 Å². The summed E-state index contributed by atoms with van der Waals surface area (Å²) in [6, 6.07) is -0.0288. The number of terminal acetylenes is 1. The lowest BCUT2D eigenvalue weighted by Gasteiger charge is -2.10. The Morgan fingerprint density at radius 3 is 2.57 bits per heavy atom. The highest BCUT2D eigenvalue weighted by Gasteiger charge is 2.05. The zero-order chi connectivity index (χ0) is 10.6. The molecule has 1 unspecified atom stereocenters. The summed E-state index contributed by atoms with van der Waals surface area (Å²) < 4.78 is 0. The van der Waals surface area contributed by atoms with E-state index < -0.39 is 0 Å². The smallest absolute Gasteiger partial charge is 0.243 e. The van der Waals surface area contributed by atoms with Crippen LogP contribution in [0, 0.1) is 26.2 Å². The van der Waals surface area contributed by atoms with Crippen molar-refractivity contribution in [3.05, 3.63) is 11.4 Å². The molecule has 0 bridgehead atoms. The van der Waals surface area contributed by atoms with Crippen molar-refractivity contribution in [2.45, 2.75) is 33.2 Å². The SMILES string of the molecule is C#CC(CC)Nc1nnc(C)c(C)n1. The first-order valence-electron chi connectivity index (χ1n) is 4.58. The molecule has 74 valence electrons. The molecule has 0 radical (unpaired) electrons. The number of hydrogen-bond donors (Lipinski definition) is 1. The lowest BCUT2D eigenvalue weighted by Crippen LogP contribution is -2.18. The molecule has 1 N–H and O–H groups in total. The quantitative estimate of drug-likeness (QED) is 0.730. The highest BCUT2D eigenvalue weighted by atomic mass is 15.2. The first-order chi connectivity index (χ1) is 6.67. The van der Waals surface area contributed by atoms with Crippen LogP contribution < -0.4 is 5.32 Å². The zero-order valence-electron chi connectivity index (χ0n) is 8.70. The van der Waals surface area contributed by atoms with Crippen LogP contribution in [0.1, 0.15) is 24.7 Å². The fourth-order valence-corrected chi connectivity index (χ4v) is 0.935. The van der Waals surface area contributed by atoms with E-state index in [1.165, 1.54) is 0 Å². The van der Waals surface area contributed by atoms with E-state index in [0.717, 1.165) is 17.8 Å². The van der Waals surface area contributed by atoms with E-state index in [1.54, 1.807) is 0 Å². The maximum absolute atomic E-state index is 5.31. The first kappa shape index (κ1) is 10.5. The summed E-state index contributed by atoms with van der Waals surface area (Å²) in [6.45, 7) is 5.77. The van der Waals surface area contributed by atoms with Gasteiger partial charge in [0.15, 0.2) is 0 Å². The molecule has 14 heavy (non-hydrogen) atoms. The minimum Gasteiger partial charge on any atom is -0.339 e. The number of nitrogens with one attached hydrogen (secondary N) is 1. The van der Waals surface area contributed by atoms with Crippen LogP contribution in [0.4, 0.5) is 5.95 Å². The molecular formula is C10H14N4. The molecule has 1 aromatic rings. The van der Waals surface area contributed by atoms with Crippen LogP contribution in [0.3, 0.4) is 0 Å². The van der Waals surface area contributed by atoms with Gasteiger partial charge in [-0.15, -0.1) is 11.5 Å². The third kappa shape index (κ3) is 2.43. The van der Waals surface area contributed by atoms with Crippen LogP contribution in [-0.4, -0.2) is 21.2 Å². The van der Waals surface area contributed by atoms with E-state index >= 15 is 0 Å². The van der Waals surface area contributed by atoms with Crippen LogP contribution in [-0.2, 0) is 0 Å². The maximum Gasteiger partial charge on any atom is 0.243 e. The molecule has 4 nitrogen and oxygen atoms in total. The van der Waals surface area contributed by atoms with Gasteiger partial charge < -0.3 is 5.32 Å². The van der Waals surface area contributed by atoms with Gasteiger partial charge in [-0.05, 0) is 20.3 Å². The Kier molecular flexibility index (Phi) is 3.41. The second-order valence-electron chi connectivity index (χ2n) is 3.08. The van der Waals surface area contributed by atoms with Crippen molar-refractivity contribution >= 4 is 5.95 Å². The summed E-state index contributed by atoms with van der Waals surface area (Å²) in [5.74, 6) is 3.11. The Balaban J connectivity index is 2.78. The largest absolute Gasteiger partial charge is 0.339 e. The molecule has 0 saturated heterocycles. The van der Waals surface area contributed by atoms with Crippen LogP contribution in [0.25, 0.3) is 0 Å². The van der Waals surface area contributed by atoms with E-state index in [1.807, 2.05) is 20.8 Å². The van der Waals surface area contributed by atoms with Crippen LogP contribution in [0.5, 0.6) is 0 Å². The zero-order valence-corrected chi connectivity index (χ0v) is 8.70. The monoisotopic (exact) mass is 190 g/mol. The van der Waals surface area contributed by atoms with Crippen LogP contribution >= 0.6 is 0 Å². The summed E-state index contributed by atoms with van der Waals surface area (Å²) >= 11 is 0. The van der Waals surface area contributed by atoms with Gasteiger partial charge in [0, 0.05) is 0 Å². The topological polar surface area (TPSA) is 50.7 Å². The number of nitrogens with zero attached hydrogens (tertiary/aromatic N) is 3. The third-order valence-electron chi connectivity index (χ3n) is 2.00. The minimum atomic E-state index is -0.0288. The number of rotatable bonds is 3. The Labute approximate surface area is 84.2 Å². The van der Waals surface area contributed by atoms with E-state index in [0.29, 0.717) is 5.95 Å². The summed E-state index contributed by atoms with van der Waals surface area (Å²) in [4.78, 5) is 4.23. The molecule has 0 fully saturated rings. The number of aromatic nitrogens is 3. The predicted octanol–water partition coefficient (Wildman–Crippen LogP) is 1.31. The van der Waals surface area contributed by atoms with Crippen LogP contribution in [0.15, 0.2) is 0 Å². The number of anilines is 1. The molecule has 0 spiro atoms. The standard InChI is InChI=1S/C10H14N4/c1-5-9(6-2)12-10-11-7(3)8(4)13-14-10/h1,9H,6H2,2-4H3,(H,11,12,14). The molecule has 1 rings (SSSR count). The van der Waals surface area contributed by atoms with Gasteiger partial charge in [0.1, 0.15) is 0 Å². The fraction of sp³-hybridized carbons (Fsp3) is 0.500. The molecule has 1 atom stereocenters. The van der Waals surface area contributed by atoms with E-state index in [4.69, 9.17) is 6.42 Å². The molecule has 0 aliphatic carbocycles. The van der Waals surface area contributed by atoms with Crippen molar-refractivity contribution in [3.8, 4) is 12.3 Å². The van der Waals surface area contributed by atoms with E-state index in [2.05, 4.69) is 26.4 Å². The molecule has 1 heterocycles. The molecule has 0 amide bonds. The highest BCUT2D eigenvalue weighted by molar-refractivity contribution is 5.29. The molecular weight excluding hydrogens is 176 g/mol. The normalized spacial score (nSPS) is 11.9. The van der Waals surface area contributed by atoms with Crippen molar-refractivity contribution in [1.29, 1.82) is 0 Å². The van der Waals surface area contributed by atoms with Crippen molar-refractivity contribution in [2.75, 3.05) is 5.32 Å². The minimum absolute atomic E-state index is 0.0288. The molecule has 0 aliphatic heterocycles. The number of aryl methyl sites for hydroxylation is 2. The molecule has 0 aromatic carbocycles. The van der Waals surface area contributed by atoms with Crippen molar-refractivity contribution in [1.82, 2.24) is 15.2 Å². The predicted molar refractivity (Wildman–Crippen MR) is 55.8 cm³/mol. The van der Waals surface area contributed by atoms with Crippen LogP contribution in [0.2, 0.25) is 0 Å². The van der Waals surface area contributed by atoms with Gasteiger partial charge in [0.25, 0.3) is 0 Å². The molecule has 0 aliphatic rings. The van der Waals surface area contributed by atoms with Gasteiger partial charge in [0.05, 0.1) is 17.4 Å². The van der Waals surface area contributed by atoms with Gasteiger partial charge in [-0.1, -0.05) is 12.8 Å². The summed E-state index contributed by atoms with van der Waals surface area (Å²) in [5.41, 5.74) is 1.71. The first-order valence-corrected chi connectivity index (χ1v) is 4.58. The second kappa shape index (κ2) is 4.56. The molecule has 4 heteroatoms. The summed E-state index contributed by atoms with van der Waals surface area (Å²) in [5, 5.41) is 10.9. The number of hydrogen-bond acceptors (Lipinski definition) is 4. The van der Waals surface area contributed by atoms with Gasteiger partial charge >= 0.3 is 0 Å². The van der Waals surface area contributed by atoms with Gasteiger partial charge in [-0.3, -0.25) is 0 Å². The van der Waals surface area contributed by atoms with E-state index in [-0.39, 0.29) is 6.04 Å². The lowest BCUT2D eigenvalue weighted by atomic mass is 10.2. The Morgan fingerprint density at radius 2 is 2.07 bits per heavy atom. The van der Waals surface area contributed by atoms with Gasteiger partial charge in [0.2, 0.25) is 5.95 Å². The Morgan fingerprint density at radius 1 is 1.36 bits per heavy atom. The molecule has 0 saturated carbocycles. The fourth-order valence-electron chi connectivity index (χ4n) is 0.935. The summed E-state index contributed by atoms with van der Waals surface area (Å²) in [7, 11) is 0. The Hall–Kier alpha value is -1.63. The van der Waals surface area contributed by atoms with Crippen molar-refractivity contribution < 1.29 is 0 Å². The highest BCUT2D eigenvalue weighted by Crippen LogP contribution is 2.04. The second-order valence-corrected chi connectivity index (χ2v) is 3.08. The maximum atomic E-state index is 5.31. The summed E-state index contributed by atoms with van der Waals surface area (Å²) in [6.07, 6.45) is 6.15. The average Bonchev–Trinajstić information content (AvgIpc) is 2.19. The average molecular weight is 190 g/mol. The van der Waals surface area contributed by atoms with Gasteiger partial charge in [-0.2, -0.15) is 5.10 Å².